The van der Waals surface area contributed by atoms with Gasteiger partial charge in [0, 0.05) is 10.5 Å². The first-order valence-electron chi connectivity index (χ1n) is 5.54. The van der Waals surface area contributed by atoms with Crippen molar-refractivity contribution in [1.29, 1.82) is 0 Å². The number of benzene rings is 1. The van der Waals surface area contributed by atoms with Crippen LogP contribution in [0.1, 0.15) is 19.8 Å². The molecule has 1 fully saturated rings. The summed E-state index contributed by atoms with van der Waals surface area (Å²) in [5, 5.41) is 3.34. The van der Waals surface area contributed by atoms with Crippen LogP contribution in [-0.4, -0.2) is 18.7 Å². The van der Waals surface area contributed by atoms with Gasteiger partial charge in [0.2, 0.25) is 0 Å². The monoisotopic (exact) mass is 287 g/mol. The summed E-state index contributed by atoms with van der Waals surface area (Å²) in [6.07, 6.45) is 2.08. The lowest BCUT2D eigenvalue weighted by molar-refractivity contribution is 0.0819. The van der Waals surface area contributed by atoms with E-state index in [1.54, 1.807) is 12.1 Å². The first kappa shape index (κ1) is 11.9. The van der Waals surface area contributed by atoms with Gasteiger partial charge in [0.1, 0.15) is 6.10 Å². The number of ether oxygens (including phenoxy) is 1. The molecule has 1 saturated carbocycles. The smallest absolute Gasteiger partial charge is 0.166 e. The van der Waals surface area contributed by atoms with Gasteiger partial charge in [-0.15, -0.1) is 0 Å². The third-order valence-electron chi connectivity index (χ3n) is 2.78. The fourth-order valence-electron chi connectivity index (χ4n) is 1.87. The molecule has 4 heteroatoms. The molecule has 1 aromatic carbocycles. The molecule has 0 aromatic heterocycles. The highest BCUT2D eigenvalue weighted by Gasteiger charge is 2.30. The molecule has 0 aliphatic heterocycles. The van der Waals surface area contributed by atoms with Crippen molar-refractivity contribution in [2.24, 2.45) is 0 Å². The Morgan fingerprint density at radius 3 is 2.88 bits per heavy atom. The Balaban J connectivity index is 1.87. The maximum absolute atomic E-state index is 13.4. The van der Waals surface area contributed by atoms with Gasteiger partial charge in [0.15, 0.2) is 11.6 Å². The molecule has 0 unspecified atom stereocenters. The van der Waals surface area contributed by atoms with Crippen molar-refractivity contribution in [3.05, 3.63) is 28.5 Å². The van der Waals surface area contributed by atoms with E-state index in [2.05, 4.69) is 28.2 Å². The van der Waals surface area contributed by atoms with Crippen molar-refractivity contribution in [2.75, 3.05) is 6.54 Å². The minimum absolute atomic E-state index is 0.153. The standard InChI is InChI=1S/C12H15BrFNO/c1-2-15-9-6-10(7-9)16-12-4-3-8(13)5-11(12)14/h3-5,9-10,15H,2,6-7H2,1H3. The summed E-state index contributed by atoms with van der Waals surface area (Å²) >= 11 is 3.22. The third-order valence-corrected chi connectivity index (χ3v) is 3.27. The molecule has 0 atom stereocenters. The Bertz CT molecular complexity index is 366. The molecular weight excluding hydrogens is 273 g/mol. The average molecular weight is 288 g/mol. The van der Waals surface area contributed by atoms with Crippen molar-refractivity contribution in [3.8, 4) is 5.75 Å². The van der Waals surface area contributed by atoms with Crippen LogP contribution in [0, 0.1) is 5.82 Å². The van der Waals surface area contributed by atoms with E-state index in [9.17, 15) is 4.39 Å². The quantitative estimate of drug-likeness (QED) is 0.919. The van der Waals surface area contributed by atoms with Crippen LogP contribution in [0.2, 0.25) is 0 Å². The Morgan fingerprint density at radius 2 is 2.25 bits per heavy atom. The molecule has 16 heavy (non-hydrogen) atoms. The number of hydrogen-bond donors (Lipinski definition) is 1. The van der Waals surface area contributed by atoms with E-state index in [1.165, 1.54) is 6.07 Å². The van der Waals surface area contributed by atoms with Gasteiger partial charge in [-0.25, -0.2) is 4.39 Å². The summed E-state index contributed by atoms with van der Waals surface area (Å²) in [5.74, 6) is 0.0458. The van der Waals surface area contributed by atoms with Gasteiger partial charge in [-0.2, -0.15) is 0 Å². The Morgan fingerprint density at radius 1 is 1.50 bits per heavy atom. The van der Waals surface area contributed by atoms with Crippen LogP contribution < -0.4 is 10.1 Å². The Hall–Kier alpha value is -0.610. The molecule has 0 spiro atoms. The number of hydrogen-bond acceptors (Lipinski definition) is 2. The van der Waals surface area contributed by atoms with Crippen LogP contribution in [0.5, 0.6) is 5.75 Å². The second kappa shape index (κ2) is 5.15. The minimum atomic E-state index is -0.304. The van der Waals surface area contributed by atoms with Crippen molar-refractivity contribution < 1.29 is 9.13 Å². The normalized spacial score (nSPS) is 23.9. The van der Waals surface area contributed by atoms with E-state index >= 15 is 0 Å². The molecule has 2 rings (SSSR count). The lowest BCUT2D eigenvalue weighted by Gasteiger charge is -2.35. The van der Waals surface area contributed by atoms with E-state index in [-0.39, 0.29) is 11.9 Å². The molecule has 88 valence electrons. The molecule has 2 nitrogen and oxygen atoms in total. The predicted molar refractivity (Wildman–Crippen MR) is 65.2 cm³/mol. The van der Waals surface area contributed by atoms with Gasteiger partial charge in [-0.1, -0.05) is 22.9 Å². The molecule has 0 saturated heterocycles. The molecule has 1 N–H and O–H groups in total. The summed E-state index contributed by atoms with van der Waals surface area (Å²) in [5.41, 5.74) is 0. The summed E-state index contributed by atoms with van der Waals surface area (Å²) in [7, 11) is 0. The van der Waals surface area contributed by atoms with Crippen molar-refractivity contribution in [1.82, 2.24) is 5.32 Å². The van der Waals surface area contributed by atoms with Gasteiger partial charge in [-0.05, 0) is 37.6 Å². The zero-order valence-electron chi connectivity index (χ0n) is 9.17. The fraction of sp³-hybridized carbons (Fsp3) is 0.500. The highest BCUT2D eigenvalue weighted by atomic mass is 79.9. The van der Waals surface area contributed by atoms with Crippen LogP contribution in [0.4, 0.5) is 4.39 Å². The van der Waals surface area contributed by atoms with Crippen LogP contribution in [0.15, 0.2) is 22.7 Å². The SMILES string of the molecule is CCNC1CC(Oc2ccc(Br)cc2F)C1. The maximum atomic E-state index is 13.4. The molecule has 0 radical (unpaired) electrons. The van der Waals surface area contributed by atoms with Gasteiger partial charge >= 0.3 is 0 Å². The zero-order chi connectivity index (χ0) is 11.5. The van der Waals surface area contributed by atoms with Crippen LogP contribution in [0.3, 0.4) is 0 Å². The van der Waals surface area contributed by atoms with E-state index < -0.39 is 0 Å². The van der Waals surface area contributed by atoms with Gasteiger partial charge in [-0.3, -0.25) is 0 Å². The first-order valence-corrected chi connectivity index (χ1v) is 6.33. The molecule has 1 aliphatic carbocycles. The lowest BCUT2D eigenvalue weighted by Crippen LogP contribution is -2.46. The molecule has 1 aliphatic rings. The first-order chi connectivity index (χ1) is 7.69. The Kier molecular flexibility index (Phi) is 3.82. The van der Waals surface area contributed by atoms with Crippen molar-refractivity contribution in [3.63, 3.8) is 0 Å². The maximum Gasteiger partial charge on any atom is 0.166 e. The van der Waals surface area contributed by atoms with Crippen LogP contribution in [0.25, 0.3) is 0 Å². The number of halogens is 2. The third kappa shape index (κ3) is 2.74. The highest BCUT2D eigenvalue weighted by molar-refractivity contribution is 9.10. The van der Waals surface area contributed by atoms with E-state index in [0.29, 0.717) is 11.8 Å². The van der Waals surface area contributed by atoms with E-state index in [4.69, 9.17) is 4.74 Å². The summed E-state index contributed by atoms with van der Waals surface area (Å²) in [4.78, 5) is 0. The fourth-order valence-corrected chi connectivity index (χ4v) is 2.20. The van der Waals surface area contributed by atoms with Gasteiger partial charge < -0.3 is 10.1 Å². The minimum Gasteiger partial charge on any atom is -0.487 e. The van der Waals surface area contributed by atoms with Crippen LogP contribution >= 0.6 is 15.9 Å². The lowest BCUT2D eigenvalue weighted by atomic mass is 9.89. The Labute approximate surface area is 103 Å². The largest absolute Gasteiger partial charge is 0.487 e. The summed E-state index contributed by atoms with van der Waals surface area (Å²) in [6.45, 7) is 3.06. The molecule has 0 amide bonds. The molecule has 0 bridgehead atoms. The van der Waals surface area contributed by atoms with Gasteiger partial charge in [0.05, 0.1) is 0 Å². The summed E-state index contributed by atoms with van der Waals surface area (Å²) < 4.78 is 19.8. The number of rotatable bonds is 4. The van der Waals surface area contributed by atoms with E-state index in [0.717, 1.165) is 23.9 Å². The highest BCUT2D eigenvalue weighted by Crippen LogP contribution is 2.28. The molecular formula is C12H15BrFNO. The topological polar surface area (TPSA) is 21.3 Å². The molecule has 1 aromatic rings. The van der Waals surface area contributed by atoms with Gasteiger partial charge in [0.25, 0.3) is 0 Å². The second-order valence-electron chi connectivity index (χ2n) is 4.04. The summed E-state index contributed by atoms with van der Waals surface area (Å²) in [6, 6.07) is 5.42. The van der Waals surface area contributed by atoms with Crippen molar-refractivity contribution >= 4 is 15.9 Å². The molecule has 0 heterocycles. The number of nitrogens with one attached hydrogen (secondary N) is 1. The van der Waals surface area contributed by atoms with Crippen molar-refractivity contribution in [2.45, 2.75) is 31.9 Å². The second-order valence-corrected chi connectivity index (χ2v) is 4.96. The predicted octanol–water partition coefficient (Wildman–Crippen LogP) is 3.11. The van der Waals surface area contributed by atoms with Crippen LogP contribution in [-0.2, 0) is 0 Å². The van der Waals surface area contributed by atoms with E-state index in [1.807, 2.05) is 0 Å². The average Bonchev–Trinajstić information content (AvgIpc) is 2.18. The zero-order valence-corrected chi connectivity index (χ0v) is 10.8.